The fourth-order valence-electron chi connectivity index (χ4n) is 0.951. The second kappa shape index (κ2) is 3.03. The summed E-state index contributed by atoms with van der Waals surface area (Å²) in [6.07, 6.45) is -3.77. The predicted molar refractivity (Wildman–Crippen MR) is 44.1 cm³/mol. The van der Waals surface area contributed by atoms with Crippen LogP contribution in [0.1, 0.15) is 12.8 Å². The van der Waals surface area contributed by atoms with Gasteiger partial charge in [0.1, 0.15) is 5.54 Å². The molecule has 0 unspecified atom stereocenters. The van der Waals surface area contributed by atoms with Crippen LogP contribution < -0.4 is 5.32 Å². The monoisotopic (exact) mass is 243 g/mol. The first-order valence-electron chi connectivity index (χ1n) is 3.52. The lowest BCUT2D eigenvalue weighted by Crippen LogP contribution is -2.45. The average Bonchev–Trinajstić information content (AvgIpc) is 2.60. The first-order chi connectivity index (χ1) is 5.37. The van der Waals surface area contributed by atoms with Crippen molar-refractivity contribution in [2.75, 3.05) is 6.54 Å². The number of hydrogen-bond donors (Lipinski definition) is 1. The number of rotatable bonds is 3. The average molecular weight is 244 g/mol. The molecule has 0 heterocycles. The van der Waals surface area contributed by atoms with Crippen LogP contribution in [0, 0.1) is 0 Å². The summed E-state index contributed by atoms with van der Waals surface area (Å²) in [5.41, 5.74) is -1.62. The molecule has 1 aliphatic carbocycles. The van der Waals surface area contributed by atoms with Crippen LogP contribution in [0.4, 0.5) is 13.2 Å². The highest BCUT2D eigenvalue weighted by Crippen LogP contribution is 2.48. The fraction of sp³-hybridized carbons (Fsp3) is 0.714. The second-order valence-corrected chi connectivity index (χ2v) is 4.07. The van der Waals surface area contributed by atoms with E-state index in [9.17, 15) is 13.2 Å². The van der Waals surface area contributed by atoms with E-state index >= 15 is 0 Å². The van der Waals surface area contributed by atoms with Crippen LogP contribution in [0.5, 0.6) is 0 Å². The van der Waals surface area contributed by atoms with Gasteiger partial charge in [0.25, 0.3) is 0 Å². The summed E-state index contributed by atoms with van der Waals surface area (Å²) in [7, 11) is 0. The van der Waals surface area contributed by atoms with E-state index in [0.717, 1.165) is 0 Å². The van der Waals surface area contributed by atoms with Crippen LogP contribution in [-0.2, 0) is 0 Å². The minimum Gasteiger partial charge on any atom is -0.299 e. The normalized spacial score (nSPS) is 20.7. The molecule has 1 fully saturated rings. The molecular weight excluding hydrogens is 235 g/mol. The lowest BCUT2D eigenvalue weighted by atomic mass is 10.2. The van der Waals surface area contributed by atoms with Crippen molar-refractivity contribution >= 4 is 15.9 Å². The summed E-state index contributed by atoms with van der Waals surface area (Å²) in [6, 6.07) is 0. The van der Waals surface area contributed by atoms with Crippen LogP contribution in [0.15, 0.2) is 11.1 Å². The molecular formula is C7H9BrF3N. The molecule has 0 aromatic carbocycles. The minimum absolute atomic E-state index is 0.166. The van der Waals surface area contributed by atoms with Crippen LogP contribution in [-0.4, -0.2) is 18.3 Å². The van der Waals surface area contributed by atoms with E-state index in [-0.39, 0.29) is 19.4 Å². The van der Waals surface area contributed by atoms with Gasteiger partial charge in [-0.15, -0.1) is 0 Å². The molecule has 0 bridgehead atoms. The van der Waals surface area contributed by atoms with Crippen molar-refractivity contribution in [1.82, 2.24) is 5.32 Å². The van der Waals surface area contributed by atoms with E-state index in [0.29, 0.717) is 4.48 Å². The zero-order valence-electron chi connectivity index (χ0n) is 6.34. The van der Waals surface area contributed by atoms with Gasteiger partial charge in [0.05, 0.1) is 0 Å². The molecule has 0 aliphatic heterocycles. The van der Waals surface area contributed by atoms with Crippen LogP contribution in [0.2, 0.25) is 0 Å². The molecule has 0 saturated heterocycles. The minimum atomic E-state index is -4.13. The first kappa shape index (κ1) is 10.1. The Hall–Kier alpha value is -0.0300. The van der Waals surface area contributed by atoms with Crippen LogP contribution in [0.3, 0.4) is 0 Å². The number of alkyl halides is 3. The Morgan fingerprint density at radius 3 is 2.25 bits per heavy atom. The first-order valence-corrected chi connectivity index (χ1v) is 4.32. The summed E-state index contributed by atoms with van der Waals surface area (Å²) in [5.74, 6) is 0. The van der Waals surface area contributed by atoms with Gasteiger partial charge in [-0.2, -0.15) is 13.2 Å². The van der Waals surface area contributed by atoms with Gasteiger partial charge < -0.3 is 0 Å². The van der Waals surface area contributed by atoms with E-state index in [1.54, 1.807) is 0 Å². The van der Waals surface area contributed by atoms with Crippen molar-refractivity contribution in [3.8, 4) is 0 Å². The van der Waals surface area contributed by atoms with Crippen molar-refractivity contribution in [3.05, 3.63) is 11.1 Å². The lowest BCUT2D eigenvalue weighted by molar-refractivity contribution is -0.165. The summed E-state index contributed by atoms with van der Waals surface area (Å²) in [4.78, 5) is 0. The Kier molecular flexibility index (Phi) is 2.54. The Bertz CT molecular complexity index is 195. The third-order valence-electron chi connectivity index (χ3n) is 1.91. The van der Waals surface area contributed by atoms with E-state index in [1.165, 1.54) is 0 Å². The Labute approximate surface area is 77.1 Å². The predicted octanol–water partition coefficient (Wildman–Crippen LogP) is 2.58. The van der Waals surface area contributed by atoms with Crippen molar-refractivity contribution < 1.29 is 13.2 Å². The molecule has 0 radical (unpaired) electrons. The van der Waals surface area contributed by atoms with Crippen molar-refractivity contribution in [2.45, 2.75) is 24.6 Å². The number of halogens is 4. The zero-order chi connectivity index (χ0) is 9.41. The maximum Gasteiger partial charge on any atom is 0.406 e. The van der Waals surface area contributed by atoms with Gasteiger partial charge in [-0.1, -0.05) is 22.5 Å². The maximum atomic E-state index is 12.2. The van der Waals surface area contributed by atoms with Crippen LogP contribution in [0.25, 0.3) is 0 Å². The SMILES string of the molecule is C=C(Br)CNC1(C(F)(F)F)CC1. The van der Waals surface area contributed by atoms with E-state index in [1.807, 2.05) is 0 Å². The Morgan fingerprint density at radius 2 is 2.00 bits per heavy atom. The second-order valence-electron chi connectivity index (χ2n) is 2.95. The lowest BCUT2D eigenvalue weighted by Gasteiger charge is -2.20. The quantitative estimate of drug-likeness (QED) is 0.804. The summed E-state index contributed by atoms with van der Waals surface area (Å²) in [6.45, 7) is 3.62. The molecule has 12 heavy (non-hydrogen) atoms. The van der Waals surface area contributed by atoms with Gasteiger partial charge >= 0.3 is 6.18 Å². The fourth-order valence-corrected chi connectivity index (χ4v) is 1.09. The summed E-state index contributed by atoms with van der Waals surface area (Å²) >= 11 is 3.00. The molecule has 0 aromatic heterocycles. The molecule has 1 nitrogen and oxygen atoms in total. The van der Waals surface area contributed by atoms with E-state index in [2.05, 4.69) is 27.8 Å². The van der Waals surface area contributed by atoms with Crippen LogP contribution >= 0.6 is 15.9 Å². The molecule has 5 heteroatoms. The summed E-state index contributed by atoms with van der Waals surface area (Å²) < 4.78 is 37.3. The highest BCUT2D eigenvalue weighted by molar-refractivity contribution is 9.11. The number of hydrogen-bond acceptors (Lipinski definition) is 1. The van der Waals surface area contributed by atoms with Gasteiger partial charge in [-0.05, 0) is 12.8 Å². The van der Waals surface area contributed by atoms with E-state index < -0.39 is 11.7 Å². The van der Waals surface area contributed by atoms with Gasteiger partial charge in [0.15, 0.2) is 0 Å². The Morgan fingerprint density at radius 1 is 1.50 bits per heavy atom. The standard InChI is InChI=1S/C7H9BrF3N/c1-5(8)4-12-6(2-3-6)7(9,10)11/h12H,1-4H2. The van der Waals surface area contributed by atoms with Gasteiger partial charge in [0, 0.05) is 11.0 Å². The number of nitrogens with one attached hydrogen (secondary N) is 1. The largest absolute Gasteiger partial charge is 0.406 e. The smallest absolute Gasteiger partial charge is 0.299 e. The molecule has 1 saturated carbocycles. The maximum absolute atomic E-state index is 12.2. The van der Waals surface area contributed by atoms with Gasteiger partial charge in [-0.25, -0.2) is 0 Å². The molecule has 0 aromatic rings. The summed E-state index contributed by atoms with van der Waals surface area (Å²) in [5, 5.41) is 2.44. The highest BCUT2D eigenvalue weighted by atomic mass is 79.9. The third kappa shape index (κ3) is 2.01. The zero-order valence-corrected chi connectivity index (χ0v) is 7.93. The molecule has 0 spiro atoms. The van der Waals surface area contributed by atoms with Crippen molar-refractivity contribution in [3.63, 3.8) is 0 Å². The molecule has 1 rings (SSSR count). The molecule has 1 aliphatic rings. The van der Waals surface area contributed by atoms with Crippen molar-refractivity contribution in [1.29, 1.82) is 0 Å². The highest BCUT2D eigenvalue weighted by Gasteiger charge is 2.62. The topological polar surface area (TPSA) is 12.0 Å². The molecule has 0 atom stereocenters. The van der Waals surface area contributed by atoms with Gasteiger partial charge in [-0.3, -0.25) is 5.32 Å². The van der Waals surface area contributed by atoms with E-state index in [4.69, 9.17) is 0 Å². The third-order valence-corrected chi connectivity index (χ3v) is 2.19. The molecule has 1 N–H and O–H groups in total. The van der Waals surface area contributed by atoms with Crippen molar-refractivity contribution in [2.24, 2.45) is 0 Å². The molecule has 70 valence electrons. The molecule has 0 amide bonds. The van der Waals surface area contributed by atoms with Gasteiger partial charge in [0.2, 0.25) is 0 Å². The Balaban J connectivity index is 2.46.